The molecule has 7 nitrogen and oxygen atoms in total. The summed E-state index contributed by atoms with van der Waals surface area (Å²) < 4.78 is 0. The van der Waals surface area contributed by atoms with E-state index in [1.165, 1.54) is 28.9 Å². The van der Waals surface area contributed by atoms with Crippen molar-refractivity contribution in [1.29, 1.82) is 0 Å². The first-order valence-electron chi connectivity index (χ1n) is 17.3. The van der Waals surface area contributed by atoms with Crippen LogP contribution in [0.1, 0.15) is 72.2 Å². The van der Waals surface area contributed by atoms with Gasteiger partial charge in [0, 0.05) is 43.2 Å². The summed E-state index contributed by atoms with van der Waals surface area (Å²) in [6.07, 6.45) is 11.3. The number of β-amino-alcohol motifs (C(OH)–C–C–N with tert-alkyl or cyclic N) is 1. The average molecular weight is 657 g/mol. The van der Waals surface area contributed by atoms with Crippen LogP contribution in [-0.4, -0.2) is 43.2 Å². The molecule has 0 bridgehead atoms. The van der Waals surface area contributed by atoms with Crippen LogP contribution in [0.2, 0.25) is 0 Å². The molecular weight excluding hydrogens is 608 g/mol. The first-order chi connectivity index (χ1) is 23.9. The van der Waals surface area contributed by atoms with E-state index in [0.717, 1.165) is 54.6 Å². The van der Waals surface area contributed by atoms with E-state index in [4.69, 9.17) is 0 Å². The van der Waals surface area contributed by atoms with Crippen LogP contribution in [0, 0.1) is 0 Å². The lowest BCUT2D eigenvalue weighted by molar-refractivity contribution is -0.117. The molecule has 0 aliphatic carbocycles. The van der Waals surface area contributed by atoms with Gasteiger partial charge in [-0.05, 0) is 97.2 Å². The van der Waals surface area contributed by atoms with Gasteiger partial charge in [0.25, 0.3) is 0 Å². The van der Waals surface area contributed by atoms with Gasteiger partial charge in [0.05, 0.1) is 18.7 Å². The Morgan fingerprint density at radius 2 is 1.31 bits per heavy atom. The van der Waals surface area contributed by atoms with Gasteiger partial charge in [-0.1, -0.05) is 84.9 Å². The number of carbonyl (C=O) groups excluding carboxylic acids is 2. The number of benzene rings is 4. The Kier molecular flexibility index (Phi) is 12.8. The molecular formula is C42H48N4O3. The molecule has 4 N–H and O–H groups in total. The number of fused-ring (bicyclic) bond motifs is 2. The third kappa shape index (κ3) is 10.4. The molecule has 2 amide bonds. The Labute approximate surface area is 290 Å². The second-order valence-corrected chi connectivity index (χ2v) is 12.6. The summed E-state index contributed by atoms with van der Waals surface area (Å²) >= 11 is 0. The molecule has 49 heavy (non-hydrogen) atoms. The van der Waals surface area contributed by atoms with Crippen molar-refractivity contribution in [3.8, 4) is 0 Å². The fourth-order valence-electron chi connectivity index (χ4n) is 6.20. The van der Waals surface area contributed by atoms with Gasteiger partial charge < -0.3 is 26.0 Å². The number of carbonyl (C=O) groups is 2. The van der Waals surface area contributed by atoms with Gasteiger partial charge in [0.1, 0.15) is 0 Å². The van der Waals surface area contributed by atoms with E-state index >= 15 is 0 Å². The number of nitrogens with zero attached hydrogens (tertiary/aromatic N) is 1. The van der Waals surface area contributed by atoms with Crippen molar-refractivity contribution in [3.05, 3.63) is 143 Å². The largest absolute Gasteiger partial charge is 0.395 e. The molecule has 0 spiro atoms. The molecule has 254 valence electrons. The summed E-state index contributed by atoms with van der Waals surface area (Å²) in [6, 6.07) is 32.3. The van der Waals surface area contributed by atoms with E-state index in [9.17, 15) is 14.7 Å². The predicted molar refractivity (Wildman–Crippen MR) is 201 cm³/mol. The van der Waals surface area contributed by atoms with Gasteiger partial charge >= 0.3 is 0 Å². The molecule has 0 saturated carbocycles. The van der Waals surface area contributed by atoms with Crippen LogP contribution in [-0.2, 0) is 22.4 Å². The molecule has 0 radical (unpaired) electrons. The van der Waals surface area contributed by atoms with Crippen LogP contribution in [0.4, 0.5) is 11.4 Å². The van der Waals surface area contributed by atoms with Crippen LogP contribution in [0.25, 0.3) is 12.2 Å². The van der Waals surface area contributed by atoms with Crippen LogP contribution < -0.4 is 20.9 Å². The number of aryl methyl sites for hydroxylation is 2. The quantitative estimate of drug-likeness (QED) is 0.135. The highest BCUT2D eigenvalue weighted by molar-refractivity contribution is 5.92. The molecule has 0 aromatic heterocycles. The Balaban J connectivity index is 0.000000192. The Bertz CT molecular complexity index is 1740. The van der Waals surface area contributed by atoms with Crippen molar-refractivity contribution in [2.24, 2.45) is 0 Å². The second-order valence-electron chi connectivity index (χ2n) is 12.6. The molecule has 6 rings (SSSR count). The molecule has 2 atom stereocenters. The van der Waals surface area contributed by atoms with E-state index in [2.05, 4.69) is 57.2 Å². The van der Waals surface area contributed by atoms with Crippen LogP contribution in [0.5, 0.6) is 0 Å². The van der Waals surface area contributed by atoms with E-state index < -0.39 is 0 Å². The van der Waals surface area contributed by atoms with Crippen molar-refractivity contribution in [2.45, 2.75) is 51.6 Å². The van der Waals surface area contributed by atoms with E-state index in [-0.39, 0.29) is 30.5 Å². The molecule has 2 heterocycles. The van der Waals surface area contributed by atoms with Gasteiger partial charge in [-0.25, -0.2) is 0 Å². The van der Waals surface area contributed by atoms with Crippen LogP contribution in [0.15, 0.2) is 109 Å². The standard InChI is InChI=1S/C22H26N2O2.C20H22N2O/c1-17(23-22(26)12-9-18-6-3-2-4-7-18)20-11-10-19-8-5-13-24(14-15-25)21(19)16-20;1-15(18-11-10-17-8-5-13-21-19(17)14-18)22-20(23)12-9-16-6-3-2-4-7-16/h2-4,6-7,9-12,16-17,25H,5,8,13-15H2,1H3,(H,23,26);2-4,6-7,9-12,14-15,21H,5,8,13H2,1H3,(H,22,23)/b2*12-9+. The van der Waals surface area contributed by atoms with E-state index in [1.807, 2.05) is 86.7 Å². The van der Waals surface area contributed by atoms with Gasteiger partial charge in [0.2, 0.25) is 11.8 Å². The minimum Gasteiger partial charge on any atom is -0.395 e. The van der Waals surface area contributed by atoms with Gasteiger partial charge in [-0.15, -0.1) is 0 Å². The zero-order valence-electron chi connectivity index (χ0n) is 28.6. The molecule has 0 fully saturated rings. The summed E-state index contributed by atoms with van der Waals surface area (Å²) in [7, 11) is 0. The summed E-state index contributed by atoms with van der Waals surface area (Å²) in [5.74, 6) is -0.182. The smallest absolute Gasteiger partial charge is 0.244 e. The average Bonchev–Trinajstić information content (AvgIpc) is 3.14. The van der Waals surface area contributed by atoms with Crippen molar-refractivity contribution < 1.29 is 14.7 Å². The maximum absolute atomic E-state index is 12.2. The number of hydrogen-bond acceptors (Lipinski definition) is 5. The molecule has 0 saturated heterocycles. The number of hydrogen-bond donors (Lipinski definition) is 4. The maximum atomic E-state index is 12.2. The number of aliphatic hydroxyl groups is 1. The third-order valence-electron chi connectivity index (χ3n) is 8.94. The third-order valence-corrected chi connectivity index (χ3v) is 8.94. The normalized spacial score (nSPS) is 14.9. The second kappa shape index (κ2) is 17.9. The lowest BCUT2D eigenvalue weighted by atomic mass is 9.97. The van der Waals surface area contributed by atoms with E-state index in [0.29, 0.717) is 6.54 Å². The number of amides is 2. The first kappa shape index (κ1) is 35.2. The molecule has 2 aliphatic heterocycles. The topological polar surface area (TPSA) is 93.7 Å². The molecule has 2 aliphatic rings. The lowest BCUT2D eigenvalue weighted by Crippen LogP contribution is -2.32. The number of aliphatic hydroxyl groups excluding tert-OH is 1. The summed E-state index contributed by atoms with van der Waals surface area (Å²) in [5.41, 5.74) is 9.29. The monoisotopic (exact) mass is 656 g/mol. The number of nitrogens with one attached hydrogen (secondary N) is 3. The zero-order chi connectivity index (χ0) is 34.4. The summed E-state index contributed by atoms with van der Waals surface area (Å²) in [6.45, 7) is 6.81. The SMILES string of the molecule is CC(NC(=O)/C=C/c1ccccc1)c1ccc2c(c1)N(CCO)CCC2.CC(NC(=O)/C=C/c1ccccc1)c1ccc2c(c1)NCCC2. The highest BCUT2D eigenvalue weighted by atomic mass is 16.3. The minimum absolute atomic E-state index is 0.0167. The maximum Gasteiger partial charge on any atom is 0.244 e. The zero-order valence-corrected chi connectivity index (χ0v) is 28.6. The Morgan fingerprint density at radius 3 is 1.90 bits per heavy atom. The molecule has 7 heteroatoms. The molecule has 4 aromatic rings. The highest BCUT2D eigenvalue weighted by Gasteiger charge is 2.19. The molecule has 4 aromatic carbocycles. The predicted octanol–water partition coefficient (Wildman–Crippen LogP) is 7.26. The minimum atomic E-state index is -0.105. The van der Waals surface area contributed by atoms with Crippen LogP contribution >= 0.6 is 0 Å². The Hall–Kier alpha value is -5.14. The highest BCUT2D eigenvalue weighted by Crippen LogP contribution is 2.30. The fraction of sp³-hybridized carbons (Fsp3) is 0.286. The summed E-state index contributed by atoms with van der Waals surface area (Å²) in [4.78, 5) is 26.5. The van der Waals surface area contributed by atoms with Crippen molar-refractivity contribution in [2.75, 3.05) is 36.5 Å². The number of anilines is 2. The molecule has 2 unspecified atom stereocenters. The van der Waals surface area contributed by atoms with Gasteiger partial charge in [0.15, 0.2) is 0 Å². The van der Waals surface area contributed by atoms with Crippen molar-refractivity contribution >= 4 is 35.3 Å². The van der Waals surface area contributed by atoms with Gasteiger partial charge in [-0.3, -0.25) is 9.59 Å². The Morgan fingerprint density at radius 1 is 0.755 bits per heavy atom. The van der Waals surface area contributed by atoms with Gasteiger partial charge in [-0.2, -0.15) is 0 Å². The fourth-order valence-corrected chi connectivity index (χ4v) is 6.20. The van der Waals surface area contributed by atoms with Crippen LogP contribution in [0.3, 0.4) is 0 Å². The van der Waals surface area contributed by atoms with Crippen molar-refractivity contribution in [1.82, 2.24) is 10.6 Å². The lowest BCUT2D eigenvalue weighted by Gasteiger charge is -2.31. The van der Waals surface area contributed by atoms with Crippen molar-refractivity contribution in [3.63, 3.8) is 0 Å². The van der Waals surface area contributed by atoms with E-state index in [1.54, 1.807) is 12.2 Å². The number of rotatable bonds is 10. The first-order valence-corrected chi connectivity index (χ1v) is 17.3. The summed E-state index contributed by atoms with van der Waals surface area (Å²) in [5, 5.41) is 18.8.